The van der Waals surface area contributed by atoms with E-state index < -0.39 is 18.0 Å². The van der Waals surface area contributed by atoms with Gasteiger partial charge >= 0.3 is 5.97 Å². The Morgan fingerprint density at radius 2 is 1.95 bits per heavy atom. The monoisotopic (exact) mass is 283 g/mol. The number of ether oxygens (including phenoxy) is 1. The minimum Gasteiger partial charge on any atom is -0.481 e. The molecule has 3 unspecified atom stereocenters. The molecule has 0 aromatic carbocycles. The molecule has 0 radical (unpaired) electrons. The highest BCUT2D eigenvalue weighted by Gasteiger charge is 2.40. The average molecular weight is 283 g/mol. The second-order valence-corrected chi connectivity index (χ2v) is 5.95. The highest BCUT2D eigenvalue weighted by atomic mass is 16.5. The lowest BCUT2D eigenvalue weighted by atomic mass is 10.0. The molecule has 0 aromatic heterocycles. The standard InChI is InChI=1S/C15H25NO4/c1-3-13(20-11-6-4-5-7-11)14(17)16-9-8-12(10(16)2)15(18)19/h10-13H,3-9H2,1-2H3,(H,18,19). The quantitative estimate of drug-likeness (QED) is 0.838. The Morgan fingerprint density at radius 3 is 2.45 bits per heavy atom. The summed E-state index contributed by atoms with van der Waals surface area (Å²) in [6.07, 6.45) is 5.42. The van der Waals surface area contributed by atoms with Crippen LogP contribution in [0.3, 0.4) is 0 Å². The van der Waals surface area contributed by atoms with Crippen molar-refractivity contribution in [1.82, 2.24) is 4.90 Å². The van der Waals surface area contributed by atoms with Crippen LogP contribution in [-0.2, 0) is 14.3 Å². The van der Waals surface area contributed by atoms with Crippen LogP contribution in [0.2, 0.25) is 0 Å². The summed E-state index contributed by atoms with van der Waals surface area (Å²) in [4.78, 5) is 25.4. The van der Waals surface area contributed by atoms with Gasteiger partial charge in [-0.2, -0.15) is 0 Å². The normalized spacial score (nSPS) is 28.8. The van der Waals surface area contributed by atoms with E-state index in [1.165, 1.54) is 12.8 Å². The number of carboxylic acid groups (broad SMARTS) is 1. The molecular weight excluding hydrogens is 258 g/mol. The minimum absolute atomic E-state index is 0.0318. The van der Waals surface area contributed by atoms with E-state index in [1.54, 1.807) is 4.90 Å². The van der Waals surface area contributed by atoms with Crippen molar-refractivity contribution in [2.24, 2.45) is 5.92 Å². The van der Waals surface area contributed by atoms with Crippen molar-refractivity contribution in [3.8, 4) is 0 Å². The van der Waals surface area contributed by atoms with E-state index in [1.807, 2.05) is 13.8 Å². The van der Waals surface area contributed by atoms with Crippen LogP contribution in [0.5, 0.6) is 0 Å². The van der Waals surface area contributed by atoms with Gasteiger partial charge in [0.1, 0.15) is 6.10 Å². The molecule has 1 N–H and O–H groups in total. The zero-order valence-electron chi connectivity index (χ0n) is 12.4. The fraction of sp³-hybridized carbons (Fsp3) is 0.867. The number of nitrogens with zero attached hydrogens (tertiary/aromatic N) is 1. The number of carbonyl (C=O) groups excluding carboxylic acids is 1. The van der Waals surface area contributed by atoms with Gasteiger partial charge in [0.05, 0.1) is 12.0 Å². The zero-order valence-corrected chi connectivity index (χ0v) is 12.4. The van der Waals surface area contributed by atoms with Gasteiger partial charge in [-0.15, -0.1) is 0 Å². The molecule has 2 aliphatic rings. The number of amides is 1. The Hall–Kier alpha value is -1.10. The summed E-state index contributed by atoms with van der Waals surface area (Å²) < 4.78 is 5.94. The lowest BCUT2D eigenvalue weighted by molar-refractivity contribution is -0.150. The molecule has 114 valence electrons. The van der Waals surface area contributed by atoms with Gasteiger partial charge in [0.15, 0.2) is 0 Å². The van der Waals surface area contributed by atoms with Crippen LogP contribution in [0.4, 0.5) is 0 Å². The molecule has 1 saturated carbocycles. The summed E-state index contributed by atoms with van der Waals surface area (Å²) in [6.45, 7) is 4.31. The lowest BCUT2D eigenvalue weighted by Gasteiger charge is -2.29. The van der Waals surface area contributed by atoms with Crippen molar-refractivity contribution in [1.29, 1.82) is 0 Å². The molecule has 2 rings (SSSR count). The molecule has 2 fully saturated rings. The van der Waals surface area contributed by atoms with Gasteiger partial charge in [-0.1, -0.05) is 19.8 Å². The highest BCUT2D eigenvalue weighted by molar-refractivity contribution is 5.83. The molecule has 1 aliphatic heterocycles. The second kappa shape index (κ2) is 6.57. The second-order valence-electron chi connectivity index (χ2n) is 5.95. The molecule has 1 heterocycles. The van der Waals surface area contributed by atoms with E-state index in [4.69, 9.17) is 9.84 Å². The lowest BCUT2D eigenvalue weighted by Crippen LogP contribution is -2.44. The van der Waals surface area contributed by atoms with Crippen molar-refractivity contribution in [2.75, 3.05) is 6.54 Å². The first-order valence-corrected chi connectivity index (χ1v) is 7.73. The average Bonchev–Trinajstić information content (AvgIpc) is 3.04. The van der Waals surface area contributed by atoms with E-state index in [0.717, 1.165) is 12.8 Å². The number of carbonyl (C=O) groups is 2. The Labute approximate surface area is 120 Å². The molecule has 5 nitrogen and oxygen atoms in total. The molecule has 0 spiro atoms. The van der Waals surface area contributed by atoms with Gasteiger partial charge in [-0.25, -0.2) is 0 Å². The Kier molecular flexibility index (Phi) is 5.02. The molecule has 20 heavy (non-hydrogen) atoms. The minimum atomic E-state index is -0.808. The number of hydrogen-bond donors (Lipinski definition) is 1. The first-order chi connectivity index (χ1) is 9.54. The predicted octanol–water partition coefficient (Wildman–Crippen LogP) is 2.05. The van der Waals surface area contributed by atoms with Crippen LogP contribution >= 0.6 is 0 Å². The van der Waals surface area contributed by atoms with Crippen molar-refractivity contribution >= 4 is 11.9 Å². The summed E-state index contributed by atoms with van der Waals surface area (Å²) >= 11 is 0. The third-order valence-corrected chi connectivity index (χ3v) is 4.66. The van der Waals surface area contributed by atoms with Crippen LogP contribution in [0, 0.1) is 5.92 Å². The van der Waals surface area contributed by atoms with Crippen LogP contribution in [0.25, 0.3) is 0 Å². The van der Waals surface area contributed by atoms with Crippen molar-refractivity contribution in [2.45, 2.75) is 70.6 Å². The molecule has 3 atom stereocenters. The van der Waals surface area contributed by atoms with Crippen molar-refractivity contribution in [3.63, 3.8) is 0 Å². The first kappa shape index (κ1) is 15.3. The summed E-state index contributed by atoms with van der Waals surface area (Å²) in [5, 5.41) is 9.14. The highest BCUT2D eigenvalue weighted by Crippen LogP contribution is 2.28. The van der Waals surface area contributed by atoms with Crippen LogP contribution in [0.1, 0.15) is 52.4 Å². The van der Waals surface area contributed by atoms with Gasteiger partial charge in [0, 0.05) is 12.6 Å². The fourth-order valence-corrected chi connectivity index (χ4v) is 3.35. The number of hydrogen-bond acceptors (Lipinski definition) is 3. The molecule has 1 amide bonds. The molecule has 1 aliphatic carbocycles. The summed E-state index contributed by atoms with van der Waals surface area (Å²) in [5.41, 5.74) is 0. The SMILES string of the molecule is CCC(OC1CCCC1)C(=O)N1CCC(C(=O)O)C1C. The molecular formula is C15H25NO4. The van der Waals surface area contributed by atoms with Crippen LogP contribution in [0.15, 0.2) is 0 Å². The molecule has 0 aromatic rings. The van der Waals surface area contributed by atoms with Gasteiger partial charge in [0.2, 0.25) is 0 Å². The van der Waals surface area contributed by atoms with Gasteiger partial charge in [0.25, 0.3) is 5.91 Å². The molecule has 0 bridgehead atoms. The Bertz CT molecular complexity index is 365. The summed E-state index contributed by atoms with van der Waals surface area (Å²) in [5.74, 6) is -1.28. The van der Waals surface area contributed by atoms with E-state index in [0.29, 0.717) is 19.4 Å². The third-order valence-electron chi connectivity index (χ3n) is 4.66. The zero-order chi connectivity index (χ0) is 14.7. The van der Waals surface area contributed by atoms with Gasteiger partial charge < -0.3 is 14.7 Å². The van der Waals surface area contributed by atoms with Crippen LogP contribution in [-0.4, -0.2) is 46.7 Å². The molecule has 1 saturated heterocycles. The van der Waals surface area contributed by atoms with E-state index in [9.17, 15) is 9.59 Å². The fourth-order valence-electron chi connectivity index (χ4n) is 3.35. The predicted molar refractivity (Wildman–Crippen MR) is 74.3 cm³/mol. The van der Waals surface area contributed by atoms with Crippen molar-refractivity contribution < 1.29 is 19.4 Å². The maximum absolute atomic E-state index is 12.6. The maximum atomic E-state index is 12.6. The van der Waals surface area contributed by atoms with Gasteiger partial charge in [-0.05, 0) is 32.6 Å². The van der Waals surface area contributed by atoms with E-state index >= 15 is 0 Å². The summed E-state index contributed by atoms with van der Waals surface area (Å²) in [7, 11) is 0. The number of carboxylic acids is 1. The third kappa shape index (κ3) is 3.14. The van der Waals surface area contributed by atoms with Crippen molar-refractivity contribution in [3.05, 3.63) is 0 Å². The number of rotatable bonds is 5. The van der Waals surface area contributed by atoms with E-state index in [2.05, 4.69) is 0 Å². The largest absolute Gasteiger partial charge is 0.481 e. The van der Waals surface area contributed by atoms with Crippen LogP contribution < -0.4 is 0 Å². The van der Waals surface area contributed by atoms with Gasteiger partial charge in [-0.3, -0.25) is 9.59 Å². The number of aliphatic carboxylic acids is 1. The molecule has 5 heteroatoms. The first-order valence-electron chi connectivity index (χ1n) is 7.73. The summed E-state index contributed by atoms with van der Waals surface area (Å²) in [6, 6.07) is -0.235. The maximum Gasteiger partial charge on any atom is 0.308 e. The topological polar surface area (TPSA) is 66.8 Å². The smallest absolute Gasteiger partial charge is 0.308 e. The Morgan fingerprint density at radius 1 is 1.30 bits per heavy atom. The Balaban J connectivity index is 1.96. The van der Waals surface area contributed by atoms with E-state index in [-0.39, 0.29) is 18.1 Å². The number of likely N-dealkylation sites (tertiary alicyclic amines) is 1.